The normalized spacial score (nSPS) is 16.8. The number of ether oxygens (including phenoxy) is 1. The number of hydrogen-bond acceptors (Lipinski definition) is 5. The van der Waals surface area contributed by atoms with E-state index in [1.165, 1.54) is 17.1 Å². The molecule has 7 heteroatoms. The molecule has 1 aliphatic rings. The van der Waals surface area contributed by atoms with Crippen molar-refractivity contribution in [3.63, 3.8) is 0 Å². The molecule has 0 saturated heterocycles. The van der Waals surface area contributed by atoms with E-state index < -0.39 is 6.09 Å². The number of carboxylic acid groups (broad SMARTS) is 1. The summed E-state index contributed by atoms with van der Waals surface area (Å²) in [6.45, 7) is 2.92. The monoisotopic (exact) mass is 324 g/mol. The molecule has 4 rings (SSSR count). The minimum Gasteiger partial charge on any atom is -0.464 e. The summed E-state index contributed by atoms with van der Waals surface area (Å²) in [5.41, 5.74) is 2.61. The van der Waals surface area contributed by atoms with Crippen LogP contribution >= 0.6 is 0 Å². The van der Waals surface area contributed by atoms with E-state index in [0.29, 0.717) is 17.1 Å². The number of hydrogen-bond donors (Lipinski definition) is 2. The van der Waals surface area contributed by atoms with Crippen LogP contribution in [0.2, 0.25) is 0 Å². The lowest BCUT2D eigenvalue weighted by Gasteiger charge is -2.23. The van der Waals surface area contributed by atoms with E-state index in [1.54, 1.807) is 18.2 Å². The van der Waals surface area contributed by atoms with E-state index in [1.807, 2.05) is 6.07 Å². The average molecular weight is 324 g/mol. The van der Waals surface area contributed by atoms with E-state index in [-0.39, 0.29) is 6.04 Å². The van der Waals surface area contributed by atoms with E-state index >= 15 is 0 Å². The molecule has 0 aliphatic carbocycles. The van der Waals surface area contributed by atoms with Crippen molar-refractivity contribution in [3.05, 3.63) is 48.0 Å². The van der Waals surface area contributed by atoms with Crippen LogP contribution in [0.1, 0.15) is 24.2 Å². The molecule has 122 valence electrons. The van der Waals surface area contributed by atoms with Gasteiger partial charge >= 0.3 is 6.09 Å². The zero-order chi connectivity index (χ0) is 16.7. The summed E-state index contributed by atoms with van der Waals surface area (Å²) in [5.74, 6) is 1.18. The van der Waals surface area contributed by atoms with Crippen molar-refractivity contribution >= 4 is 17.0 Å². The lowest BCUT2D eigenvalue weighted by Crippen LogP contribution is -2.29. The molecule has 1 unspecified atom stereocenters. The minimum atomic E-state index is -1.01. The van der Waals surface area contributed by atoms with Gasteiger partial charge in [-0.25, -0.2) is 14.8 Å². The zero-order valence-corrected chi connectivity index (χ0v) is 13.1. The van der Waals surface area contributed by atoms with Crippen LogP contribution in [0.5, 0.6) is 11.6 Å². The smallest absolute Gasteiger partial charge is 0.415 e. The molecule has 0 fully saturated rings. The Bertz CT molecular complexity index is 935. The van der Waals surface area contributed by atoms with Crippen LogP contribution in [0, 0.1) is 0 Å². The number of carbonyl (C=O) groups is 1. The molecule has 0 bridgehead atoms. The Morgan fingerprint density at radius 2 is 2.25 bits per heavy atom. The number of aromatic nitrogens is 3. The molecule has 0 spiro atoms. The van der Waals surface area contributed by atoms with Crippen molar-refractivity contribution in [1.29, 1.82) is 0 Å². The van der Waals surface area contributed by atoms with Crippen molar-refractivity contribution < 1.29 is 14.6 Å². The van der Waals surface area contributed by atoms with E-state index in [9.17, 15) is 4.79 Å². The van der Waals surface area contributed by atoms with E-state index in [2.05, 4.69) is 22.2 Å². The number of nitrogens with zero attached hydrogens (tertiary/aromatic N) is 3. The summed E-state index contributed by atoms with van der Waals surface area (Å²) in [4.78, 5) is 19.8. The first-order valence-electron chi connectivity index (χ1n) is 7.73. The van der Waals surface area contributed by atoms with Crippen LogP contribution in [0.3, 0.4) is 0 Å². The van der Waals surface area contributed by atoms with Crippen LogP contribution in [-0.4, -0.2) is 32.3 Å². The Balaban J connectivity index is 1.70. The first-order valence-corrected chi connectivity index (χ1v) is 7.73. The van der Waals surface area contributed by atoms with Crippen LogP contribution in [0.25, 0.3) is 10.9 Å². The SMILES string of the molecule is CC1NCCc2c(Oc3ccc4c(ccn4C(=O)O)c3)ncnc21. The van der Waals surface area contributed by atoms with Crippen LogP contribution in [0.4, 0.5) is 4.79 Å². The number of fused-ring (bicyclic) bond motifs is 2. The highest BCUT2D eigenvalue weighted by Crippen LogP contribution is 2.31. The summed E-state index contributed by atoms with van der Waals surface area (Å²) in [7, 11) is 0. The Morgan fingerprint density at radius 3 is 3.08 bits per heavy atom. The predicted molar refractivity (Wildman–Crippen MR) is 87.6 cm³/mol. The summed E-state index contributed by atoms with van der Waals surface area (Å²) >= 11 is 0. The third-order valence-corrected chi connectivity index (χ3v) is 4.26. The minimum absolute atomic E-state index is 0.172. The molecular weight excluding hydrogens is 308 g/mol. The molecular formula is C17H16N4O3. The molecule has 24 heavy (non-hydrogen) atoms. The summed E-state index contributed by atoms with van der Waals surface area (Å²) in [5, 5.41) is 13.3. The first kappa shape index (κ1) is 14.6. The molecule has 1 aromatic carbocycles. The highest BCUT2D eigenvalue weighted by molar-refractivity contribution is 5.89. The second-order valence-electron chi connectivity index (χ2n) is 5.76. The molecule has 3 heterocycles. The molecule has 1 aliphatic heterocycles. The predicted octanol–water partition coefficient (Wildman–Crippen LogP) is 2.96. The van der Waals surface area contributed by atoms with E-state index in [4.69, 9.17) is 9.84 Å². The van der Waals surface area contributed by atoms with Gasteiger partial charge in [0.1, 0.15) is 12.1 Å². The fraction of sp³-hybridized carbons (Fsp3) is 0.235. The van der Waals surface area contributed by atoms with Crippen molar-refractivity contribution in [2.75, 3.05) is 6.54 Å². The van der Waals surface area contributed by atoms with Crippen LogP contribution in [-0.2, 0) is 6.42 Å². The number of rotatable bonds is 2. The van der Waals surface area contributed by atoms with Gasteiger partial charge in [0.05, 0.1) is 11.2 Å². The maximum atomic E-state index is 11.2. The quantitative estimate of drug-likeness (QED) is 0.753. The third kappa shape index (κ3) is 2.39. The first-order chi connectivity index (χ1) is 11.6. The maximum Gasteiger partial charge on any atom is 0.415 e. The lowest BCUT2D eigenvalue weighted by molar-refractivity contribution is 0.197. The van der Waals surface area contributed by atoms with Gasteiger partial charge in [-0.15, -0.1) is 0 Å². The number of nitrogens with one attached hydrogen (secondary N) is 1. The average Bonchev–Trinajstić information content (AvgIpc) is 2.99. The van der Waals surface area contributed by atoms with Gasteiger partial charge in [0, 0.05) is 29.7 Å². The Kier molecular flexibility index (Phi) is 3.42. The van der Waals surface area contributed by atoms with Crippen molar-refractivity contribution in [3.8, 4) is 11.6 Å². The maximum absolute atomic E-state index is 11.2. The van der Waals surface area contributed by atoms with Gasteiger partial charge in [-0.05, 0) is 37.6 Å². The molecule has 0 saturated carbocycles. The van der Waals surface area contributed by atoms with E-state index in [0.717, 1.165) is 29.6 Å². The van der Waals surface area contributed by atoms with Crippen LogP contribution < -0.4 is 10.1 Å². The molecule has 2 N–H and O–H groups in total. The molecule has 2 aromatic heterocycles. The van der Waals surface area contributed by atoms with Gasteiger partial charge in [-0.1, -0.05) is 0 Å². The van der Waals surface area contributed by atoms with Gasteiger partial charge in [-0.3, -0.25) is 4.57 Å². The largest absolute Gasteiger partial charge is 0.464 e. The molecule has 0 radical (unpaired) electrons. The van der Waals surface area contributed by atoms with Gasteiger partial charge in [-0.2, -0.15) is 0 Å². The summed E-state index contributed by atoms with van der Waals surface area (Å²) < 4.78 is 7.15. The van der Waals surface area contributed by atoms with Crippen molar-refractivity contribution in [2.45, 2.75) is 19.4 Å². The highest BCUT2D eigenvalue weighted by atomic mass is 16.5. The fourth-order valence-corrected chi connectivity index (χ4v) is 3.08. The fourth-order valence-electron chi connectivity index (χ4n) is 3.08. The Hall–Kier alpha value is -2.93. The summed E-state index contributed by atoms with van der Waals surface area (Å²) in [6.07, 6.45) is 2.84. The molecule has 3 aromatic rings. The molecule has 0 amide bonds. The van der Waals surface area contributed by atoms with Crippen molar-refractivity contribution in [1.82, 2.24) is 19.9 Å². The number of benzene rings is 1. The molecule has 7 nitrogen and oxygen atoms in total. The van der Waals surface area contributed by atoms with Gasteiger partial charge in [0.2, 0.25) is 5.88 Å². The Morgan fingerprint density at radius 1 is 1.38 bits per heavy atom. The van der Waals surface area contributed by atoms with Gasteiger partial charge in [0.25, 0.3) is 0 Å². The van der Waals surface area contributed by atoms with Gasteiger partial charge in [0.15, 0.2) is 0 Å². The topological polar surface area (TPSA) is 89.3 Å². The standard InChI is InChI=1S/C17H16N4O3/c1-10-15-13(4-6-18-10)16(20-9-19-15)24-12-2-3-14-11(8-12)5-7-21(14)17(22)23/h2-3,5,7-10,18H,4,6H2,1H3,(H,22,23). The lowest BCUT2D eigenvalue weighted by atomic mass is 10.0. The second kappa shape index (κ2) is 5.61. The zero-order valence-electron chi connectivity index (χ0n) is 13.1. The molecule has 1 atom stereocenters. The third-order valence-electron chi connectivity index (χ3n) is 4.26. The highest BCUT2D eigenvalue weighted by Gasteiger charge is 2.22. The van der Waals surface area contributed by atoms with Gasteiger partial charge < -0.3 is 15.2 Å². The summed E-state index contributed by atoms with van der Waals surface area (Å²) in [6, 6.07) is 7.22. The second-order valence-corrected chi connectivity index (χ2v) is 5.76. The van der Waals surface area contributed by atoms with Crippen LogP contribution in [0.15, 0.2) is 36.8 Å². The Labute approximate surface area is 137 Å². The van der Waals surface area contributed by atoms with Crippen molar-refractivity contribution in [2.24, 2.45) is 0 Å².